The number of cyclic esters (lactones) is 1. The summed E-state index contributed by atoms with van der Waals surface area (Å²) in [7, 11) is 0. The summed E-state index contributed by atoms with van der Waals surface area (Å²) in [6, 6.07) is 15.5. The number of hydrogen-bond donors (Lipinski definition) is 0. The molecule has 0 N–H and O–H groups in total. The van der Waals surface area contributed by atoms with Gasteiger partial charge in [-0.25, -0.2) is 13.6 Å². The van der Waals surface area contributed by atoms with Crippen molar-refractivity contribution in [3.05, 3.63) is 106 Å². The van der Waals surface area contributed by atoms with Gasteiger partial charge in [0.1, 0.15) is 17.2 Å². The first kappa shape index (κ1) is 29.2. The van der Waals surface area contributed by atoms with Gasteiger partial charge in [-0.1, -0.05) is 62.6 Å². The minimum Gasteiger partial charge on any atom is -0.451 e. The highest BCUT2D eigenvalue weighted by molar-refractivity contribution is 6.31. The topological polar surface area (TPSA) is 65.4 Å². The first-order valence-corrected chi connectivity index (χ1v) is 13.6. The zero-order valence-corrected chi connectivity index (χ0v) is 23.4. The smallest absolute Gasteiger partial charge is 0.339 e. The van der Waals surface area contributed by atoms with Gasteiger partial charge in [-0.3, -0.25) is 9.59 Å². The maximum atomic E-state index is 13.8. The third kappa shape index (κ3) is 5.85. The van der Waals surface area contributed by atoms with Gasteiger partial charge in [-0.2, -0.15) is 0 Å². The summed E-state index contributed by atoms with van der Waals surface area (Å²) in [4.78, 5) is 35.9. The second-order valence-corrected chi connectivity index (χ2v) is 10.3. The maximum absolute atomic E-state index is 13.8. The van der Waals surface area contributed by atoms with Crippen molar-refractivity contribution in [2.24, 2.45) is 0 Å². The second-order valence-electron chi connectivity index (χ2n) is 9.87. The standard InChI is InChI=1S/C18H12ClF2NO2.C14H18O2/c1-10(23)15-8-22(17-6-11(19)2-4-13(15)17)9-18(24)14-7-12(20)3-5-16(14)21;1-3-9-14(10-4-2)12-8-6-5-7-11(12)13(15)16-14/h2-8H,9H2,1H3;5-8H,3-4,9-10H2,1-2H3. The third-order valence-electron chi connectivity index (χ3n) is 7.00. The SMILES string of the molecule is CC(=O)c1cn(CC(=O)c2cc(F)ccc2F)c2cc(Cl)ccc12.CCCC1(CCC)OC(=O)c2ccccc21. The van der Waals surface area contributed by atoms with Crippen molar-refractivity contribution in [2.45, 2.75) is 58.6 Å². The largest absolute Gasteiger partial charge is 0.451 e. The molecule has 3 aromatic carbocycles. The average Bonchev–Trinajstić information content (AvgIpc) is 3.41. The lowest BCUT2D eigenvalue weighted by atomic mass is 9.85. The number of halogens is 3. The molecule has 0 saturated heterocycles. The van der Waals surface area contributed by atoms with Gasteiger partial charge in [0.15, 0.2) is 11.6 Å². The molecule has 0 saturated carbocycles. The summed E-state index contributed by atoms with van der Waals surface area (Å²) >= 11 is 5.99. The van der Waals surface area contributed by atoms with E-state index in [2.05, 4.69) is 13.8 Å². The summed E-state index contributed by atoms with van der Waals surface area (Å²) in [5.41, 5.74) is 2.18. The van der Waals surface area contributed by atoms with Crippen LogP contribution in [0.1, 0.15) is 83.1 Å². The van der Waals surface area contributed by atoms with Gasteiger partial charge in [0.2, 0.25) is 0 Å². The molecule has 0 atom stereocenters. The number of hydrogen-bond acceptors (Lipinski definition) is 4. The van der Waals surface area contributed by atoms with Crippen LogP contribution in [0.25, 0.3) is 10.9 Å². The van der Waals surface area contributed by atoms with Gasteiger partial charge < -0.3 is 9.30 Å². The fourth-order valence-corrected chi connectivity index (χ4v) is 5.44. The monoisotopic (exact) mass is 565 g/mol. The summed E-state index contributed by atoms with van der Waals surface area (Å²) < 4.78 is 34.2. The van der Waals surface area contributed by atoms with Crippen LogP contribution in [0, 0.1) is 11.6 Å². The van der Waals surface area contributed by atoms with E-state index in [1.165, 1.54) is 17.7 Å². The molecule has 1 aliphatic rings. The Morgan fingerprint density at radius 3 is 2.33 bits per heavy atom. The van der Waals surface area contributed by atoms with Gasteiger partial charge in [-0.05, 0) is 56.2 Å². The van der Waals surface area contributed by atoms with Crippen LogP contribution in [-0.2, 0) is 16.9 Å². The maximum Gasteiger partial charge on any atom is 0.339 e. The van der Waals surface area contributed by atoms with Crippen molar-refractivity contribution < 1.29 is 27.9 Å². The number of benzene rings is 3. The molecular weight excluding hydrogens is 536 g/mol. The van der Waals surface area contributed by atoms with E-state index < -0.39 is 17.4 Å². The predicted octanol–water partition coefficient (Wildman–Crippen LogP) is 8.31. The van der Waals surface area contributed by atoms with E-state index in [4.69, 9.17) is 16.3 Å². The summed E-state index contributed by atoms with van der Waals surface area (Å²) in [6.07, 6.45) is 5.43. The lowest BCUT2D eigenvalue weighted by molar-refractivity contribution is -0.0183. The van der Waals surface area contributed by atoms with E-state index in [-0.39, 0.29) is 29.5 Å². The number of ketones is 2. The number of carbonyl (C=O) groups is 3. The number of nitrogens with zero attached hydrogens (tertiary/aromatic N) is 1. The van der Waals surface area contributed by atoms with Crippen molar-refractivity contribution in [3.8, 4) is 0 Å². The molecule has 0 unspecified atom stereocenters. The molecule has 1 aromatic heterocycles. The highest BCUT2D eigenvalue weighted by atomic mass is 35.5. The molecule has 0 fully saturated rings. The Bertz CT molecular complexity index is 1590. The molecular formula is C32H30ClF2NO4. The zero-order chi connectivity index (χ0) is 29.0. The molecule has 0 bridgehead atoms. The van der Waals surface area contributed by atoms with Crippen LogP contribution in [0.3, 0.4) is 0 Å². The molecule has 5 rings (SSSR count). The molecule has 8 heteroatoms. The quantitative estimate of drug-likeness (QED) is 0.159. The van der Waals surface area contributed by atoms with E-state index >= 15 is 0 Å². The summed E-state index contributed by atoms with van der Waals surface area (Å²) in [6.45, 7) is 5.45. The number of fused-ring (bicyclic) bond motifs is 2. The van der Waals surface area contributed by atoms with E-state index in [9.17, 15) is 23.2 Å². The fourth-order valence-electron chi connectivity index (χ4n) is 5.28. The normalized spacial score (nSPS) is 13.4. The Hall–Kier alpha value is -3.84. The molecule has 40 heavy (non-hydrogen) atoms. The second kappa shape index (κ2) is 12.1. The Morgan fingerprint density at radius 2 is 1.65 bits per heavy atom. The number of Topliss-reactive ketones (excluding diaryl/α,β-unsaturated/α-hetero) is 2. The molecule has 0 radical (unpaired) electrons. The van der Waals surface area contributed by atoms with Gasteiger partial charge in [-0.15, -0.1) is 0 Å². The van der Waals surface area contributed by atoms with E-state index in [0.29, 0.717) is 21.5 Å². The molecule has 1 aliphatic heterocycles. The number of carbonyl (C=O) groups excluding carboxylic acids is 3. The lowest BCUT2D eigenvalue weighted by Crippen LogP contribution is -2.25. The van der Waals surface area contributed by atoms with Crippen LogP contribution in [0.5, 0.6) is 0 Å². The highest BCUT2D eigenvalue weighted by Crippen LogP contribution is 2.43. The number of aromatic nitrogens is 1. The van der Waals surface area contributed by atoms with Crippen LogP contribution in [0.15, 0.2) is 66.9 Å². The van der Waals surface area contributed by atoms with Crippen LogP contribution in [0.4, 0.5) is 8.78 Å². The molecule has 2 heterocycles. The average molecular weight is 566 g/mol. The van der Waals surface area contributed by atoms with Crippen LogP contribution in [0.2, 0.25) is 5.02 Å². The van der Waals surface area contributed by atoms with Crippen molar-refractivity contribution in [2.75, 3.05) is 0 Å². The Balaban J connectivity index is 0.000000201. The first-order valence-electron chi connectivity index (χ1n) is 13.2. The summed E-state index contributed by atoms with van der Waals surface area (Å²) in [5, 5.41) is 1.10. The first-order chi connectivity index (χ1) is 19.1. The Kier molecular flexibility index (Phi) is 8.84. The third-order valence-corrected chi connectivity index (χ3v) is 7.24. The van der Waals surface area contributed by atoms with Gasteiger partial charge in [0.25, 0.3) is 0 Å². The van der Waals surface area contributed by atoms with Gasteiger partial charge in [0, 0.05) is 27.7 Å². The van der Waals surface area contributed by atoms with Crippen molar-refractivity contribution >= 4 is 40.0 Å². The molecule has 0 spiro atoms. The fraction of sp³-hybridized carbons (Fsp3) is 0.281. The summed E-state index contributed by atoms with van der Waals surface area (Å²) in [5.74, 6) is -2.39. The molecule has 208 valence electrons. The van der Waals surface area contributed by atoms with Crippen LogP contribution < -0.4 is 0 Å². The number of rotatable bonds is 8. The zero-order valence-electron chi connectivity index (χ0n) is 22.6. The Labute approximate surface area is 236 Å². The number of ether oxygens (including phenoxy) is 1. The predicted molar refractivity (Wildman–Crippen MR) is 151 cm³/mol. The van der Waals surface area contributed by atoms with Crippen molar-refractivity contribution in [1.29, 1.82) is 0 Å². The van der Waals surface area contributed by atoms with E-state index in [0.717, 1.165) is 55.0 Å². The minimum atomic E-state index is -0.789. The van der Waals surface area contributed by atoms with E-state index in [1.807, 2.05) is 24.3 Å². The van der Waals surface area contributed by atoms with E-state index in [1.54, 1.807) is 18.2 Å². The van der Waals surface area contributed by atoms with Crippen LogP contribution in [-0.4, -0.2) is 22.1 Å². The molecule has 5 nitrogen and oxygen atoms in total. The number of esters is 1. The minimum absolute atomic E-state index is 0.155. The van der Waals surface area contributed by atoms with Crippen molar-refractivity contribution in [3.63, 3.8) is 0 Å². The van der Waals surface area contributed by atoms with Crippen LogP contribution >= 0.6 is 11.6 Å². The van der Waals surface area contributed by atoms with Crippen molar-refractivity contribution in [1.82, 2.24) is 4.57 Å². The Morgan fingerprint density at radius 1 is 0.950 bits per heavy atom. The molecule has 4 aromatic rings. The molecule has 0 amide bonds. The lowest BCUT2D eigenvalue weighted by Gasteiger charge is -2.28. The highest BCUT2D eigenvalue weighted by Gasteiger charge is 2.43. The van der Waals surface area contributed by atoms with Gasteiger partial charge in [0.05, 0.1) is 23.2 Å². The molecule has 0 aliphatic carbocycles. The van der Waals surface area contributed by atoms with Gasteiger partial charge >= 0.3 is 5.97 Å².